The molecule has 1 aliphatic heterocycles. The standard InChI is InChI=1S/C20H19ClF3N3O2/c1-12-7-14(9-15(8-12)20(22,23)24)19(29)27-6-2-3-13(11-27)18(28)26-16-4-5-17(21)25-10-16/h4-5,7-10,13H,2-3,6,11H2,1H3,(H,26,28). The molecule has 0 aliphatic carbocycles. The Morgan fingerprint density at radius 2 is 2.00 bits per heavy atom. The molecule has 2 aromatic rings. The number of hydrogen-bond acceptors (Lipinski definition) is 3. The van der Waals surface area contributed by atoms with Gasteiger partial charge >= 0.3 is 6.18 Å². The molecule has 0 saturated carbocycles. The van der Waals surface area contributed by atoms with Gasteiger partial charge in [-0.3, -0.25) is 9.59 Å². The molecule has 1 unspecified atom stereocenters. The molecule has 0 radical (unpaired) electrons. The Kier molecular flexibility index (Phi) is 6.12. The highest BCUT2D eigenvalue weighted by atomic mass is 35.5. The molecule has 154 valence electrons. The van der Waals surface area contributed by atoms with Gasteiger partial charge in [-0.1, -0.05) is 11.6 Å². The van der Waals surface area contributed by atoms with Gasteiger partial charge in [-0.25, -0.2) is 4.98 Å². The van der Waals surface area contributed by atoms with Gasteiger partial charge in [0, 0.05) is 18.7 Å². The molecule has 1 atom stereocenters. The zero-order chi connectivity index (χ0) is 21.2. The van der Waals surface area contributed by atoms with E-state index < -0.39 is 23.6 Å². The fourth-order valence-corrected chi connectivity index (χ4v) is 3.43. The number of carbonyl (C=O) groups is 2. The molecule has 1 aromatic heterocycles. The number of rotatable bonds is 3. The zero-order valence-corrected chi connectivity index (χ0v) is 16.3. The van der Waals surface area contributed by atoms with Gasteiger partial charge in [0.1, 0.15) is 5.15 Å². The van der Waals surface area contributed by atoms with Crippen molar-refractivity contribution >= 4 is 29.1 Å². The first-order valence-electron chi connectivity index (χ1n) is 9.04. The van der Waals surface area contributed by atoms with Crippen LogP contribution < -0.4 is 5.32 Å². The lowest BCUT2D eigenvalue weighted by Crippen LogP contribution is -2.43. The number of benzene rings is 1. The summed E-state index contributed by atoms with van der Waals surface area (Å²) >= 11 is 5.72. The molecule has 3 rings (SSSR count). The number of piperidine rings is 1. The number of nitrogens with one attached hydrogen (secondary N) is 1. The lowest BCUT2D eigenvalue weighted by atomic mass is 9.96. The van der Waals surface area contributed by atoms with Crippen LogP contribution in [0.2, 0.25) is 5.15 Å². The summed E-state index contributed by atoms with van der Waals surface area (Å²) in [5, 5.41) is 3.03. The second-order valence-corrected chi connectivity index (χ2v) is 7.42. The molecule has 0 spiro atoms. The molecule has 1 aliphatic rings. The summed E-state index contributed by atoms with van der Waals surface area (Å²) < 4.78 is 39.2. The number of amides is 2. The maximum Gasteiger partial charge on any atom is 0.416 e. The first-order chi connectivity index (χ1) is 13.6. The first kappa shape index (κ1) is 21.1. The molecule has 1 N–H and O–H groups in total. The van der Waals surface area contributed by atoms with Crippen molar-refractivity contribution in [1.29, 1.82) is 0 Å². The summed E-state index contributed by atoms with van der Waals surface area (Å²) in [6.45, 7) is 2.04. The van der Waals surface area contributed by atoms with Crippen LogP contribution >= 0.6 is 11.6 Å². The van der Waals surface area contributed by atoms with Gasteiger partial charge < -0.3 is 10.2 Å². The summed E-state index contributed by atoms with van der Waals surface area (Å²) in [6, 6.07) is 6.46. The predicted molar refractivity (Wildman–Crippen MR) is 103 cm³/mol. The maximum atomic E-state index is 13.1. The van der Waals surface area contributed by atoms with Crippen LogP contribution in [0, 0.1) is 12.8 Å². The van der Waals surface area contributed by atoms with Crippen molar-refractivity contribution < 1.29 is 22.8 Å². The third kappa shape index (κ3) is 5.26. The monoisotopic (exact) mass is 425 g/mol. The van der Waals surface area contributed by atoms with E-state index in [0.29, 0.717) is 35.8 Å². The average Bonchev–Trinajstić information content (AvgIpc) is 2.68. The lowest BCUT2D eigenvalue weighted by molar-refractivity contribution is -0.137. The van der Waals surface area contributed by atoms with E-state index in [-0.39, 0.29) is 18.0 Å². The smallest absolute Gasteiger partial charge is 0.338 e. The topological polar surface area (TPSA) is 62.3 Å². The quantitative estimate of drug-likeness (QED) is 0.734. The zero-order valence-electron chi connectivity index (χ0n) is 15.6. The van der Waals surface area contributed by atoms with Crippen molar-refractivity contribution in [2.45, 2.75) is 25.9 Å². The Balaban J connectivity index is 1.71. The van der Waals surface area contributed by atoms with Gasteiger partial charge in [-0.15, -0.1) is 0 Å². The summed E-state index contributed by atoms with van der Waals surface area (Å²) in [4.78, 5) is 30.7. The maximum absolute atomic E-state index is 13.1. The fraction of sp³-hybridized carbons (Fsp3) is 0.350. The van der Waals surface area contributed by atoms with E-state index in [1.54, 1.807) is 12.1 Å². The third-order valence-electron chi connectivity index (χ3n) is 4.73. The molecule has 1 saturated heterocycles. The van der Waals surface area contributed by atoms with Crippen LogP contribution in [0.25, 0.3) is 0 Å². The number of hydrogen-bond donors (Lipinski definition) is 1. The Hall–Kier alpha value is -2.61. The van der Waals surface area contributed by atoms with Crippen molar-refractivity contribution in [2.24, 2.45) is 5.92 Å². The number of nitrogens with zero attached hydrogens (tertiary/aromatic N) is 2. The van der Waals surface area contributed by atoms with Crippen LogP contribution in [-0.2, 0) is 11.0 Å². The lowest BCUT2D eigenvalue weighted by Gasteiger charge is -2.32. The van der Waals surface area contributed by atoms with Crippen LogP contribution in [-0.4, -0.2) is 34.8 Å². The van der Waals surface area contributed by atoms with E-state index in [9.17, 15) is 22.8 Å². The molecule has 2 amide bonds. The minimum absolute atomic E-state index is 0.0275. The number of halogens is 4. The Bertz CT molecular complexity index is 916. The highest BCUT2D eigenvalue weighted by Gasteiger charge is 2.33. The molecule has 5 nitrogen and oxygen atoms in total. The number of aryl methyl sites for hydroxylation is 1. The van der Waals surface area contributed by atoms with Crippen molar-refractivity contribution in [3.8, 4) is 0 Å². The molecule has 2 heterocycles. The van der Waals surface area contributed by atoms with Crippen LogP contribution in [0.15, 0.2) is 36.5 Å². The van der Waals surface area contributed by atoms with E-state index in [4.69, 9.17) is 11.6 Å². The van der Waals surface area contributed by atoms with E-state index in [1.807, 2.05) is 0 Å². The Morgan fingerprint density at radius 1 is 1.24 bits per heavy atom. The van der Waals surface area contributed by atoms with Crippen LogP contribution in [0.3, 0.4) is 0 Å². The van der Waals surface area contributed by atoms with E-state index in [2.05, 4.69) is 10.3 Å². The molecule has 9 heteroatoms. The second-order valence-electron chi connectivity index (χ2n) is 7.03. The van der Waals surface area contributed by atoms with Gasteiger partial charge in [0.25, 0.3) is 5.91 Å². The number of likely N-dealkylation sites (tertiary alicyclic amines) is 1. The highest BCUT2D eigenvalue weighted by molar-refractivity contribution is 6.29. The van der Waals surface area contributed by atoms with Gasteiger partial charge in [-0.2, -0.15) is 13.2 Å². The second kappa shape index (κ2) is 8.41. The largest absolute Gasteiger partial charge is 0.416 e. The number of alkyl halides is 3. The molecule has 1 fully saturated rings. The van der Waals surface area contributed by atoms with Gasteiger partial charge in [0.2, 0.25) is 5.91 Å². The summed E-state index contributed by atoms with van der Waals surface area (Å²) in [6.07, 6.45) is -1.94. The van der Waals surface area contributed by atoms with E-state index in [1.165, 1.54) is 24.1 Å². The number of anilines is 1. The summed E-state index contributed by atoms with van der Waals surface area (Å²) in [7, 11) is 0. The van der Waals surface area contributed by atoms with E-state index >= 15 is 0 Å². The number of pyridine rings is 1. The minimum atomic E-state index is -4.53. The normalized spacial score (nSPS) is 17.1. The summed E-state index contributed by atoms with van der Waals surface area (Å²) in [5.41, 5.74) is -0.0521. The van der Waals surface area contributed by atoms with Crippen LogP contribution in [0.4, 0.5) is 18.9 Å². The SMILES string of the molecule is Cc1cc(C(=O)N2CCCC(C(=O)Nc3ccc(Cl)nc3)C2)cc(C(F)(F)F)c1. The van der Waals surface area contributed by atoms with Crippen molar-refractivity contribution in [1.82, 2.24) is 9.88 Å². The van der Waals surface area contributed by atoms with Gasteiger partial charge in [-0.05, 0) is 55.7 Å². The predicted octanol–water partition coefficient (Wildman–Crippen LogP) is 4.55. The molecule has 0 bridgehead atoms. The summed E-state index contributed by atoms with van der Waals surface area (Å²) in [5.74, 6) is -1.24. The molecule has 29 heavy (non-hydrogen) atoms. The van der Waals surface area contributed by atoms with Gasteiger partial charge in [0.05, 0.1) is 23.4 Å². The highest BCUT2D eigenvalue weighted by Crippen LogP contribution is 2.31. The van der Waals surface area contributed by atoms with Crippen LogP contribution in [0.5, 0.6) is 0 Å². The molecule has 1 aromatic carbocycles. The number of aromatic nitrogens is 1. The fourth-order valence-electron chi connectivity index (χ4n) is 3.32. The number of carbonyl (C=O) groups excluding carboxylic acids is 2. The average molecular weight is 426 g/mol. The van der Waals surface area contributed by atoms with Crippen molar-refractivity contribution in [3.63, 3.8) is 0 Å². The third-order valence-corrected chi connectivity index (χ3v) is 4.95. The Labute approximate surface area is 170 Å². The molecular weight excluding hydrogens is 407 g/mol. The Morgan fingerprint density at radius 3 is 2.66 bits per heavy atom. The first-order valence-corrected chi connectivity index (χ1v) is 9.42. The minimum Gasteiger partial charge on any atom is -0.338 e. The van der Waals surface area contributed by atoms with E-state index in [0.717, 1.165) is 12.1 Å². The van der Waals surface area contributed by atoms with Crippen molar-refractivity contribution in [2.75, 3.05) is 18.4 Å². The van der Waals surface area contributed by atoms with Gasteiger partial charge in [0.15, 0.2) is 0 Å². The van der Waals surface area contributed by atoms with Crippen molar-refractivity contribution in [3.05, 3.63) is 58.4 Å². The molecular formula is C20H19ClF3N3O2. The van der Waals surface area contributed by atoms with Crippen LogP contribution in [0.1, 0.15) is 34.3 Å².